The summed E-state index contributed by atoms with van der Waals surface area (Å²) in [6.07, 6.45) is 8.85. The van der Waals surface area contributed by atoms with Crippen LogP contribution in [-0.4, -0.2) is 25.8 Å². The first-order valence-electron chi connectivity index (χ1n) is 5.60. The van der Waals surface area contributed by atoms with Crippen LogP contribution in [0.2, 0.25) is 0 Å². The van der Waals surface area contributed by atoms with Crippen molar-refractivity contribution in [1.82, 2.24) is 0 Å². The molecule has 14 heavy (non-hydrogen) atoms. The smallest absolute Gasteiger partial charge is 0.293 e. The Morgan fingerprint density at radius 2 is 1.79 bits per heavy atom. The van der Waals surface area contributed by atoms with E-state index in [2.05, 4.69) is 4.74 Å². The Kier molecular flexibility index (Phi) is 6.41. The highest BCUT2D eigenvalue weighted by Crippen LogP contribution is 2.20. The predicted molar refractivity (Wildman–Crippen MR) is 54.1 cm³/mol. The Labute approximate surface area is 85.8 Å². The van der Waals surface area contributed by atoms with Crippen molar-refractivity contribution < 1.29 is 14.3 Å². The van der Waals surface area contributed by atoms with Gasteiger partial charge in [-0.3, -0.25) is 4.79 Å². The zero-order chi connectivity index (χ0) is 10.1. The lowest BCUT2D eigenvalue weighted by Crippen LogP contribution is -2.17. The Hall–Kier alpha value is -0.570. The predicted octanol–water partition coefficient (Wildman–Crippen LogP) is 2.29. The number of hydrogen-bond donors (Lipinski definition) is 0. The normalized spacial score (nSPS) is 18.0. The van der Waals surface area contributed by atoms with Crippen LogP contribution in [0.15, 0.2) is 0 Å². The van der Waals surface area contributed by atoms with Gasteiger partial charge in [-0.25, -0.2) is 0 Å². The fourth-order valence-corrected chi connectivity index (χ4v) is 1.82. The van der Waals surface area contributed by atoms with Crippen LogP contribution >= 0.6 is 0 Å². The van der Waals surface area contributed by atoms with E-state index >= 15 is 0 Å². The van der Waals surface area contributed by atoms with Gasteiger partial charge >= 0.3 is 0 Å². The van der Waals surface area contributed by atoms with E-state index in [0.717, 1.165) is 19.4 Å². The average Bonchev–Trinajstić information content (AvgIpc) is 2.25. The molecule has 0 aromatic carbocycles. The molecule has 1 saturated carbocycles. The fourth-order valence-electron chi connectivity index (χ4n) is 1.82. The number of hydrogen-bond acceptors (Lipinski definition) is 3. The van der Waals surface area contributed by atoms with Crippen LogP contribution in [0, 0.1) is 0 Å². The van der Waals surface area contributed by atoms with Crippen molar-refractivity contribution in [2.45, 2.75) is 51.0 Å². The van der Waals surface area contributed by atoms with Gasteiger partial charge in [-0.15, -0.1) is 0 Å². The summed E-state index contributed by atoms with van der Waals surface area (Å²) in [5, 5.41) is 0. The molecule has 0 aliphatic heterocycles. The summed E-state index contributed by atoms with van der Waals surface area (Å²) in [6, 6.07) is 0. The highest BCUT2D eigenvalue weighted by Gasteiger charge is 2.12. The molecule has 1 rings (SSSR count). The lowest BCUT2D eigenvalue weighted by molar-refractivity contribution is -0.128. The van der Waals surface area contributed by atoms with Crippen LogP contribution in [0.1, 0.15) is 44.9 Å². The van der Waals surface area contributed by atoms with Gasteiger partial charge in [-0.05, 0) is 25.7 Å². The van der Waals surface area contributed by atoms with Crippen molar-refractivity contribution in [1.29, 1.82) is 0 Å². The summed E-state index contributed by atoms with van der Waals surface area (Å²) in [4.78, 5) is 9.83. The lowest BCUT2D eigenvalue weighted by atomic mass is 9.98. The molecule has 3 nitrogen and oxygen atoms in total. The average molecular weight is 200 g/mol. The van der Waals surface area contributed by atoms with Gasteiger partial charge in [0.05, 0.1) is 12.7 Å². The molecule has 0 atom stereocenters. The Balaban J connectivity index is 1.85. The number of carbonyl (C=O) groups excluding carboxylic acids is 1. The summed E-state index contributed by atoms with van der Waals surface area (Å²) in [5.74, 6) is 0. The van der Waals surface area contributed by atoms with Crippen molar-refractivity contribution in [2.24, 2.45) is 0 Å². The third-order valence-electron chi connectivity index (χ3n) is 2.63. The summed E-state index contributed by atoms with van der Waals surface area (Å²) in [5.41, 5.74) is 0. The molecule has 0 aromatic rings. The molecule has 3 heteroatoms. The molecule has 1 aliphatic carbocycles. The van der Waals surface area contributed by atoms with Gasteiger partial charge in [-0.1, -0.05) is 19.3 Å². The van der Waals surface area contributed by atoms with Crippen molar-refractivity contribution in [3.8, 4) is 0 Å². The topological polar surface area (TPSA) is 35.5 Å². The van der Waals surface area contributed by atoms with Gasteiger partial charge in [0, 0.05) is 6.61 Å². The van der Waals surface area contributed by atoms with Crippen LogP contribution in [-0.2, 0) is 14.3 Å². The first-order chi connectivity index (χ1) is 6.93. The second kappa shape index (κ2) is 7.80. The molecule has 0 aromatic heterocycles. The maximum atomic E-state index is 9.83. The summed E-state index contributed by atoms with van der Waals surface area (Å²) < 4.78 is 10.3. The van der Waals surface area contributed by atoms with E-state index in [9.17, 15) is 4.79 Å². The van der Waals surface area contributed by atoms with E-state index in [4.69, 9.17) is 4.74 Å². The van der Waals surface area contributed by atoms with E-state index in [-0.39, 0.29) is 0 Å². The zero-order valence-electron chi connectivity index (χ0n) is 8.74. The fraction of sp³-hybridized carbons (Fsp3) is 0.909. The molecule has 0 amide bonds. The minimum absolute atomic E-state index is 0.496. The van der Waals surface area contributed by atoms with Crippen LogP contribution in [0.3, 0.4) is 0 Å². The zero-order valence-corrected chi connectivity index (χ0v) is 8.74. The molecule has 0 saturated heterocycles. The number of unbranched alkanes of at least 4 members (excludes halogenated alkanes) is 1. The van der Waals surface area contributed by atoms with Crippen molar-refractivity contribution in [3.05, 3.63) is 0 Å². The van der Waals surface area contributed by atoms with E-state index in [1.807, 2.05) is 0 Å². The Morgan fingerprint density at radius 1 is 1.07 bits per heavy atom. The van der Waals surface area contributed by atoms with Gasteiger partial charge in [0.15, 0.2) is 0 Å². The maximum Gasteiger partial charge on any atom is 0.293 e. The minimum Gasteiger partial charge on any atom is -0.468 e. The third kappa shape index (κ3) is 5.22. The minimum atomic E-state index is 0.496. The van der Waals surface area contributed by atoms with Crippen LogP contribution < -0.4 is 0 Å². The molecule has 0 unspecified atom stereocenters. The second-order valence-corrected chi connectivity index (χ2v) is 3.80. The molecule has 82 valence electrons. The molecule has 0 heterocycles. The van der Waals surface area contributed by atoms with Crippen LogP contribution in [0.5, 0.6) is 0 Å². The monoisotopic (exact) mass is 200 g/mol. The van der Waals surface area contributed by atoms with Gasteiger partial charge in [0.2, 0.25) is 0 Å². The first-order valence-corrected chi connectivity index (χ1v) is 5.60. The summed E-state index contributed by atoms with van der Waals surface area (Å²) in [7, 11) is 0. The van der Waals surface area contributed by atoms with Crippen LogP contribution in [0.4, 0.5) is 0 Å². The molecule has 0 bridgehead atoms. The van der Waals surface area contributed by atoms with Gasteiger partial charge < -0.3 is 9.47 Å². The van der Waals surface area contributed by atoms with E-state index in [1.54, 1.807) is 0 Å². The largest absolute Gasteiger partial charge is 0.468 e. The van der Waals surface area contributed by atoms with E-state index in [0.29, 0.717) is 19.2 Å². The highest BCUT2D eigenvalue weighted by atomic mass is 16.5. The standard InChI is InChI=1S/C11H20O3/c12-10-13-8-4-5-9-14-11-6-2-1-3-7-11/h10-11H,1-9H2. The summed E-state index contributed by atoms with van der Waals surface area (Å²) in [6.45, 7) is 1.84. The molecule has 0 radical (unpaired) electrons. The van der Waals surface area contributed by atoms with Crippen molar-refractivity contribution >= 4 is 6.47 Å². The molecule has 1 fully saturated rings. The molecular weight excluding hydrogens is 180 g/mol. The summed E-state index contributed by atoms with van der Waals surface area (Å²) >= 11 is 0. The number of carbonyl (C=O) groups is 1. The number of ether oxygens (including phenoxy) is 2. The van der Waals surface area contributed by atoms with Crippen LogP contribution in [0.25, 0.3) is 0 Å². The van der Waals surface area contributed by atoms with Crippen molar-refractivity contribution in [2.75, 3.05) is 13.2 Å². The van der Waals surface area contributed by atoms with Gasteiger partial charge in [-0.2, -0.15) is 0 Å². The van der Waals surface area contributed by atoms with Gasteiger partial charge in [0.1, 0.15) is 0 Å². The van der Waals surface area contributed by atoms with E-state index < -0.39 is 0 Å². The lowest BCUT2D eigenvalue weighted by Gasteiger charge is -2.21. The molecular formula is C11H20O3. The quantitative estimate of drug-likeness (QED) is 0.467. The third-order valence-corrected chi connectivity index (χ3v) is 2.63. The van der Waals surface area contributed by atoms with Gasteiger partial charge in [0.25, 0.3) is 6.47 Å². The first kappa shape index (κ1) is 11.5. The number of rotatable bonds is 7. The Bertz CT molecular complexity index is 141. The Morgan fingerprint density at radius 3 is 2.50 bits per heavy atom. The highest BCUT2D eigenvalue weighted by molar-refractivity contribution is 5.36. The van der Waals surface area contributed by atoms with Crippen molar-refractivity contribution in [3.63, 3.8) is 0 Å². The molecule has 0 spiro atoms. The SMILES string of the molecule is O=COCCCCOC1CCCCC1. The van der Waals surface area contributed by atoms with E-state index in [1.165, 1.54) is 32.1 Å². The molecule has 0 N–H and O–H groups in total. The maximum absolute atomic E-state index is 9.83. The molecule has 1 aliphatic rings. The second-order valence-electron chi connectivity index (χ2n) is 3.80.